The molecule has 2 aliphatic rings. The molecule has 0 spiro atoms. The van der Waals surface area contributed by atoms with Gasteiger partial charge in [0.1, 0.15) is 9.99 Å². The van der Waals surface area contributed by atoms with Gasteiger partial charge in [0.05, 0.1) is 4.34 Å². The Labute approximate surface area is 127 Å². The van der Waals surface area contributed by atoms with E-state index in [1.807, 2.05) is 0 Å². The minimum atomic E-state index is -3.51. The topological polar surface area (TPSA) is 54.5 Å². The fourth-order valence-electron chi connectivity index (χ4n) is 3.27. The molecular weight excluding hydrogens is 318 g/mol. The second-order valence-electron chi connectivity index (χ2n) is 5.35. The molecule has 7 heteroatoms. The molecule has 4 nitrogen and oxygen atoms in total. The van der Waals surface area contributed by atoms with E-state index in [2.05, 4.69) is 0 Å². The molecule has 2 atom stereocenters. The van der Waals surface area contributed by atoms with Gasteiger partial charge in [0.25, 0.3) is 10.0 Å². The number of halogens is 1. The molecule has 20 heavy (non-hydrogen) atoms. The van der Waals surface area contributed by atoms with Crippen molar-refractivity contribution in [2.75, 3.05) is 6.54 Å². The van der Waals surface area contributed by atoms with Crippen molar-refractivity contribution in [1.29, 1.82) is 0 Å². The second-order valence-corrected chi connectivity index (χ2v) is 9.18. The van der Waals surface area contributed by atoms with Crippen molar-refractivity contribution < 1.29 is 13.2 Å². The fourth-order valence-corrected chi connectivity index (χ4v) is 6.61. The maximum Gasteiger partial charge on any atom is 0.252 e. The Morgan fingerprint density at radius 1 is 1.25 bits per heavy atom. The number of nitrogens with zero attached hydrogens (tertiary/aromatic N) is 1. The lowest BCUT2D eigenvalue weighted by Crippen LogP contribution is -2.41. The highest BCUT2D eigenvalue weighted by Crippen LogP contribution is 2.38. The number of sulfonamides is 1. The largest absolute Gasteiger partial charge is 0.299 e. The minimum absolute atomic E-state index is 0.109. The zero-order valence-corrected chi connectivity index (χ0v) is 13.3. The van der Waals surface area contributed by atoms with Crippen LogP contribution in [0.25, 0.3) is 0 Å². The van der Waals surface area contributed by atoms with E-state index >= 15 is 0 Å². The van der Waals surface area contributed by atoms with E-state index in [0.717, 1.165) is 37.0 Å². The number of hydrogen-bond donors (Lipinski definition) is 0. The summed E-state index contributed by atoms with van der Waals surface area (Å²) in [5.41, 5.74) is 0. The Morgan fingerprint density at radius 2 is 2.05 bits per heavy atom. The highest BCUT2D eigenvalue weighted by atomic mass is 35.5. The van der Waals surface area contributed by atoms with E-state index < -0.39 is 10.0 Å². The highest BCUT2D eigenvalue weighted by Gasteiger charge is 2.43. The van der Waals surface area contributed by atoms with Crippen LogP contribution >= 0.6 is 22.9 Å². The van der Waals surface area contributed by atoms with Crippen molar-refractivity contribution in [3.05, 3.63) is 16.5 Å². The van der Waals surface area contributed by atoms with Crippen LogP contribution in [0.1, 0.15) is 32.1 Å². The van der Waals surface area contributed by atoms with E-state index in [0.29, 0.717) is 17.3 Å². The molecule has 2 heterocycles. The van der Waals surface area contributed by atoms with Crippen LogP contribution in [0.2, 0.25) is 4.34 Å². The van der Waals surface area contributed by atoms with Crippen LogP contribution in [0.5, 0.6) is 0 Å². The number of carbonyl (C=O) groups excluding carboxylic acids is 1. The van der Waals surface area contributed by atoms with Crippen molar-refractivity contribution in [2.24, 2.45) is 5.92 Å². The molecule has 1 aromatic rings. The van der Waals surface area contributed by atoms with E-state index in [1.165, 1.54) is 4.31 Å². The molecule has 2 unspecified atom stereocenters. The third-order valence-corrected chi connectivity index (χ3v) is 7.80. The number of ketones is 1. The number of Topliss-reactive ketones (excluding diaryl/α,β-unsaturated/α-hetero) is 1. The van der Waals surface area contributed by atoms with Gasteiger partial charge in [0.2, 0.25) is 0 Å². The highest BCUT2D eigenvalue weighted by molar-refractivity contribution is 7.91. The molecule has 0 bridgehead atoms. The lowest BCUT2D eigenvalue weighted by atomic mass is 9.96. The number of thiophene rings is 1. The molecule has 1 saturated heterocycles. The number of carbonyl (C=O) groups is 1. The Hall–Kier alpha value is -0.430. The predicted octanol–water partition coefficient (Wildman–Crippen LogP) is 2.92. The first-order chi connectivity index (χ1) is 9.50. The van der Waals surface area contributed by atoms with Gasteiger partial charge in [-0.05, 0) is 37.8 Å². The van der Waals surface area contributed by atoms with Gasteiger partial charge >= 0.3 is 0 Å². The summed E-state index contributed by atoms with van der Waals surface area (Å²) < 4.78 is 27.7. The Morgan fingerprint density at radius 3 is 2.65 bits per heavy atom. The van der Waals surface area contributed by atoms with Crippen LogP contribution < -0.4 is 0 Å². The third kappa shape index (κ3) is 2.43. The zero-order valence-electron chi connectivity index (χ0n) is 10.9. The standard InChI is InChI=1S/C13H16ClNO3S2/c14-12-6-7-13(19-12)20(17,18)15-8-2-4-10(15)9-3-1-5-11(9)16/h6-7,9-10H,1-5,8H2. The van der Waals surface area contributed by atoms with E-state index in [1.54, 1.807) is 12.1 Å². The lowest BCUT2D eigenvalue weighted by molar-refractivity contribution is -0.121. The third-order valence-electron chi connectivity index (χ3n) is 4.18. The molecule has 0 amide bonds. The Bertz CT molecular complexity index is 625. The van der Waals surface area contributed by atoms with Crippen LogP contribution in [-0.2, 0) is 14.8 Å². The van der Waals surface area contributed by atoms with Crippen molar-refractivity contribution in [3.8, 4) is 0 Å². The molecule has 1 aromatic heterocycles. The summed E-state index contributed by atoms with van der Waals surface area (Å²) >= 11 is 6.92. The molecule has 110 valence electrons. The van der Waals surface area contributed by atoms with Gasteiger partial charge in [0.15, 0.2) is 0 Å². The van der Waals surface area contributed by atoms with Crippen molar-refractivity contribution in [1.82, 2.24) is 4.31 Å². The fraction of sp³-hybridized carbons (Fsp3) is 0.615. The summed E-state index contributed by atoms with van der Waals surface area (Å²) in [6.45, 7) is 0.506. The summed E-state index contributed by atoms with van der Waals surface area (Å²) in [7, 11) is -3.51. The molecule has 1 aliphatic heterocycles. The molecule has 0 radical (unpaired) electrons. The van der Waals surface area contributed by atoms with Gasteiger partial charge in [-0.25, -0.2) is 8.42 Å². The maximum absolute atomic E-state index is 12.7. The first kappa shape index (κ1) is 14.5. The van der Waals surface area contributed by atoms with Gasteiger partial charge in [-0.3, -0.25) is 4.79 Å². The summed E-state index contributed by atoms with van der Waals surface area (Å²) in [6, 6.07) is 3.00. The van der Waals surface area contributed by atoms with Crippen LogP contribution in [-0.4, -0.2) is 31.1 Å². The SMILES string of the molecule is O=C1CCCC1C1CCCN1S(=O)(=O)c1ccc(Cl)s1. The van der Waals surface area contributed by atoms with Gasteiger partial charge in [-0.2, -0.15) is 4.31 Å². The Balaban J connectivity index is 1.90. The van der Waals surface area contributed by atoms with E-state index in [9.17, 15) is 13.2 Å². The first-order valence-corrected chi connectivity index (χ1v) is 9.43. The van der Waals surface area contributed by atoms with Crippen LogP contribution in [0, 0.1) is 5.92 Å². The summed E-state index contributed by atoms with van der Waals surface area (Å²) in [6.07, 6.45) is 3.92. The summed E-state index contributed by atoms with van der Waals surface area (Å²) in [5, 5.41) is 0. The molecule has 2 fully saturated rings. The molecule has 1 aliphatic carbocycles. The lowest BCUT2D eigenvalue weighted by Gasteiger charge is -2.27. The van der Waals surface area contributed by atoms with Gasteiger partial charge < -0.3 is 0 Å². The number of hydrogen-bond acceptors (Lipinski definition) is 4. The van der Waals surface area contributed by atoms with Gasteiger partial charge in [0, 0.05) is 24.9 Å². The van der Waals surface area contributed by atoms with Crippen molar-refractivity contribution >= 4 is 38.7 Å². The number of rotatable bonds is 3. The Kier molecular flexibility index (Phi) is 3.92. The monoisotopic (exact) mass is 333 g/mol. The smallest absolute Gasteiger partial charge is 0.252 e. The van der Waals surface area contributed by atoms with Crippen LogP contribution in [0.4, 0.5) is 0 Å². The molecule has 0 N–H and O–H groups in total. The van der Waals surface area contributed by atoms with Crippen LogP contribution in [0.3, 0.4) is 0 Å². The van der Waals surface area contributed by atoms with Crippen LogP contribution in [0.15, 0.2) is 16.3 Å². The zero-order chi connectivity index (χ0) is 14.3. The summed E-state index contributed by atoms with van der Waals surface area (Å²) in [5.74, 6) is 0.115. The van der Waals surface area contributed by atoms with Crippen molar-refractivity contribution in [3.63, 3.8) is 0 Å². The normalized spacial score (nSPS) is 28.4. The predicted molar refractivity (Wildman–Crippen MR) is 78.6 cm³/mol. The molecule has 1 saturated carbocycles. The maximum atomic E-state index is 12.7. The molecule has 3 rings (SSSR count). The van der Waals surface area contributed by atoms with Crippen molar-refractivity contribution in [2.45, 2.75) is 42.4 Å². The quantitative estimate of drug-likeness (QED) is 0.854. The first-order valence-electron chi connectivity index (χ1n) is 6.80. The van der Waals surface area contributed by atoms with Gasteiger partial charge in [-0.1, -0.05) is 11.6 Å². The van der Waals surface area contributed by atoms with E-state index in [4.69, 9.17) is 11.6 Å². The average Bonchev–Trinajstić information content (AvgIpc) is 3.07. The minimum Gasteiger partial charge on any atom is -0.299 e. The second kappa shape index (κ2) is 5.40. The average molecular weight is 334 g/mol. The van der Waals surface area contributed by atoms with E-state index in [-0.39, 0.29) is 22.0 Å². The molecular formula is C13H16ClNO3S2. The summed E-state index contributed by atoms with van der Waals surface area (Å²) in [4.78, 5) is 11.9. The van der Waals surface area contributed by atoms with Gasteiger partial charge in [-0.15, -0.1) is 11.3 Å². The molecule has 0 aromatic carbocycles.